The maximum Gasteiger partial charge on any atom is 0.410 e. The zero-order chi connectivity index (χ0) is 14.7. The van der Waals surface area contributed by atoms with Crippen LogP contribution in [0, 0.1) is 11.3 Å². The Hall–Kier alpha value is -2.03. The second kappa shape index (κ2) is 7.30. The predicted molar refractivity (Wildman–Crippen MR) is 84.5 cm³/mol. The van der Waals surface area contributed by atoms with Gasteiger partial charge in [-0.1, -0.05) is 30.3 Å². The van der Waals surface area contributed by atoms with Gasteiger partial charge in [-0.15, -0.1) is 12.4 Å². The number of nitrogens with zero attached hydrogens (tertiary/aromatic N) is 2. The molecule has 2 saturated heterocycles. The monoisotopic (exact) mass is 319 g/mol. The van der Waals surface area contributed by atoms with E-state index in [1.54, 1.807) is 11.0 Å². The van der Waals surface area contributed by atoms with E-state index >= 15 is 0 Å². The van der Waals surface area contributed by atoms with E-state index in [9.17, 15) is 4.79 Å². The molecule has 5 nitrogen and oxygen atoms in total. The van der Waals surface area contributed by atoms with Crippen LogP contribution in [0.25, 0.3) is 0 Å². The number of nitriles is 1. The highest BCUT2D eigenvalue weighted by molar-refractivity contribution is 5.85. The molecule has 1 N–H and O–H groups in total. The van der Waals surface area contributed by atoms with Crippen LogP contribution in [0.15, 0.2) is 42.0 Å². The number of carbonyl (C=O) groups is 1. The van der Waals surface area contributed by atoms with Crippen molar-refractivity contribution in [3.63, 3.8) is 0 Å². The normalized spacial score (nSPS) is 24.5. The number of fused-ring (bicyclic) bond motifs is 2. The number of ether oxygens (including phenoxy) is 1. The van der Waals surface area contributed by atoms with Gasteiger partial charge in [-0.25, -0.2) is 4.79 Å². The lowest BCUT2D eigenvalue weighted by Crippen LogP contribution is -2.54. The summed E-state index contributed by atoms with van der Waals surface area (Å²) < 4.78 is 5.42. The number of allylic oxidation sites excluding steroid dienone is 1. The molecule has 6 heteroatoms. The molecule has 22 heavy (non-hydrogen) atoms. The molecule has 0 aliphatic carbocycles. The van der Waals surface area contributed by atoms with Gasteiger partial charge in [0.2, 0.25) is 0 Å². The highest BCUT2D eigenvalue weighted by Gasteiger charge is 2.43. The summed E-state index contributed by atoms with van der Waals surface area (Å²) in [5.41, 5.74) is 1.99. The first-order valence-corrected chi connectivity index (χ1v) is 7.08. The molecule has 0 aromatic heterocycles. The van der Waals surface area contributed by atoms with Crippen LogP contribution in [-0.2, 0) is 11.3 Å². The largest absolute Gasteiger partial charge is 0.445 e. The Morgan fingerprint density at radius 2 is 2.18 bits per heavy atom. The van der Waals surface area contributed by atoms with Gasteiger partial charge in [0, 0.05) is 19.2 Å². The van der Waals surface area contributed by atoms with Gasteiger partial charge in [-0.2, -0.15) is 5.26 Å². The molecule has 1 amide bonds. The third-order valence-electron chi connectivity index (χ3n) is 4.01. The minimum atomic E-state index is -0.295. The second-order valence-corrected chi connectivity index (χ2v) is 5.33. The zero-order valence-electron chi connectivity index (χ0n) is 12.1. The maximum absolute atomic E-state index is 12.3. The fourth-order valence-corrected chi connectivity index (χ4v) is 3.03. The average Bonchev–Trinajstić information content (AvgIpc) is 2.72. The molecule has 2 aliphatic rings. The Kier molecular flexibility index (Phi) is 5.42. The van der Waals surface area contributed by atoms with Crippen LogP contribution < -0.4 is 5.32 Å². The van der Waals surface area contributed by atoms with Crippen molar-refractivity contribution in [3.05, 3.63) is 47.5 Å². The summed E-state index contributed by atoms with van der Waals surface area (Å²) in [6.07, 6.45) is 2.03. The molecule has 2 aliphatic heterocycles. The van der Waals surface area contributed by atoms with E-state index in [1.807, 2.05) is 30.3 Å². The van der Waals surface area contributed by atoms with Crippen LogP contribution in [0.3, 0.4) is 0 Å². The number of halogens is 1. The molecular formula is C16H18ClN3O2. The Bertz CT molecular complexity index is 597. The van der Waals surface area contributed by atoms with Crippen molar-refractivity contribution in [2.24, 2.45) is 0 Å². The number of nitrogens with one attached hydrogen (secondary N) is 1. The number of hydrogen-bond donors (Lipinski definition) is 1. The first-order valence-electron chi connectivity index (χ1n) is 7.08. The highest BCUT2D eigenvalue weighted by atomic mass is 35.5. The van der Waals surface area contributed by atoms with Gasteiger partial charge in [0.15, 0.2) is 0 Å². The molecule has 1 aromatic carbocycles. The lowest BCUT2D eigenvalue weighted by molar-refractivity contribution is 0.0715. The van der Waals surface area contributed by atoms with Gasteiger partial charge < -0.3 is 10.1 Å². The van der Waals surface area contributed by atoms with Crippen LogP contribution in [0.2, 0.25) is 0 Å². The SMILES string of the molecule is Cl.N#CC=C1CC2CNCC1N2C(=O)OCc1ccccc1. The third-order valence-corrected chi connectivity index (χ3v) is 4.01. The van der Waals surface area contributed by atoms with Gasteiger partial charge in [-0.3, -0.25) is 4.90 Å². The van der Waals surface area contributed by atoms with Crippen LogP contribution in [0.1, 0.15) is 12.0 Å². The van der Waals surface area contributed by atoms with Gasteiger partial charge in [0.25, 0.3) is 0 Å². The lowest BCUT2D eigenvalue weighted by atomic mass is 10.1. The zero-order valence-corrected chi connectivity index (χ0v) is 12.9. The van der Waals surface area contributed by atoms with E-state index in [1.165, 1.54) is 0 Å². The molecule has 0 radical (unpaired) electrons. The predicted octanol–water partition coefficient (Wildman–Crippen LogP) is 2.24. The molecule has 3 rings (SSSR count). The smallest absolute Gasteiger partial charge is 0.410 e. The summed E-state index contributed by atoms with van der Waals surface area (Å²) in [5.74, 6) is 0. The molecule has 2 bridgehead atoms. The van der Waals surface area contributed by atoms with Crippen LogP contribution >= 0.6 is 12.4 Å². The maximum atomic E-state index is 12.3. The van der Waals surface area contributed by atoms with Crippen LogP contribution in [0.4, 0.5) is 4.79 Å². The van der Waals surface area contributed by atoms with Crippen molar-refractivity contribution in [1.29, 1.82) is 5.26 Å². The summed E-state index contributed by atoms with van der Waals surface area (Å²) >= 11 is 0. The van der Waals surface area contributed by atoms with Crippen molar-refractivity contribution >= 4 is 18.5 Å². The number of hydrogen-bond acceptors (Lipinski definition) is 4. The number of benzene rings is 1. The summed E-state index contributed by atoms with van der Waals surface area (Å²) in [6.45, 7) is 1.71. The van der Waals surface area contributed by atoms with E-state index in [0.717, 1.165) is 24.1 Å². The van der Waals surface area contributed by atoms with E-state index in [4.69, 9.17) is 10.00 Å². The number of carbonyl (C=O) groups excluding carboxylic acids is 1. The van der Waals surface area contributed by atoms with Gasteiger partial charge >= 0.3 is 6.09 Å². The Labute approximate surface area is 136 Å². The fraction of sp³-hybridized carbons (Fsp3) is 0.375. The summed E-state index contributed by atoms with van der Waals surface area (Å²) in [4.78, 5) is 14.1. The second-order valence-electron chi connectivity index (χ2n) is 5.33. The third kappa shape index (κ3) is 3.24. The Morgan fingerprint density at radius 3 is 2.91 bits per heavy atom. The Balaban J connectivity index is 0.00000176. The van der Waals surface area contributed by atoms with Crippen molar-refractivity contribution < 1.29 is 9.53 Å². The lowest BCUT2D eigenvalue weighted by Gasteiger charge is -2.34. The molecule has 2 heterocycles. The first-order chi connectivity index (χ1) is 10.3. The van der Waals surface area contributed by atoms with Gasteiger partial charge in [-0.05, 0) is 17.6 Å². The molecule has 0 spiro atoms. The van der Waals surface area contributed by atoms with E-state index < -0.39 is 0 Å². The van der Waals surface area contributed by atoms with E-state index in [-0.39, 0.29) is 37.2 Å². The summed E-state index contributed by atoms with van der Waals surface area (Å²) in [5, 5.41) is 12.1. The molecule has 2 fully saturated rings. The van der Waals surface area contributed by atoms with Gasteiger partial charge in [0.05, 0.1) is 18.2 Å². The molecule has 2 atom stereocenters. The fourth-order valence-electron chi connectivity index (χ4n) is 3.03. The van der Waals surface area contributed by atoms with E-state index in [2.05, 4.69) is 11.4 Å². The molecule has 116 valence electrons. The number of piperazine rings is 1. The van der Waals surface area contributed by atoms with E-state index in [0.29, 0.717) is 6.54 Å². The average molecular weight is 320 g/mol. The van der Waals surface area contributed by atoms with Crippen molar-refractivity contribution in [2.75, 3.05) is 13.1 Å². The quantitative estimate of drug-likeness (QED) is 0.849. The molecule has 0 saturated carbocycles. The number of amides is 1. The number of rotatable bonds is 2. The summed E-state index contributed by atoms with van der Waals surface area (Å²) in [6, 6.07) is 11.7. The molecule has 2 unspecified atom stereocenters. The molecule has 1 aromatic rings. The Morgan fingerprint density at radius 1 is 1.41 bits per heavy atom. The standard InChI is InChI=1S/C16H17N3O2.ClH/c17-7-6-13-8-14-9-18-10-15(13)19(14)16(20)21-11-12-4-2-1-3-5-12;/h1-6,14-15,18H,8-11H2;1H. The van der Waals surface area contributed by atoms with Crippen molar-refractivity contribution in [3.8, 4) is 6.07 Å². The van der Waals surface area contributed by atoms with Crippen LogP contribution in [-0.4, -0.2) is 36.2 Å². The first kappa shape index (κ1) is 16.3. The van der Waals surface area contributed by atoms with Crippen molar-refractivity contribution in [2.45, 2.75) is 25.1 Å². The topological polar surface area (TPSA) is 65.4 Å². The highest BCUT2D eigenvalue weighted by Crippen LogP contribution is 2.32. The summed E-state index contributed by atoms with van der Waals surface area (Å²) in [7, 11) is 0. The minimum Gasteiger partial charge on any atom is -0.445 e. The van der Waals surface area contributed by atoms with Crippen LogP contribution in [0.5, 0.6) is 0 Å². The molecular weight excluding hydrogens is 302 g/mol. The van der Waals surface area contributed by atoms with Crippen molar-refractivity contribution in [1.82, 2.24) is 10.2 Å². The van der Waals surface area contributed by atoms with Gasteiger partial charge in [0.1, 0.15) is 6.61 Å². The minimum absolute atomic E-state index is 0.